The lowest BCUT2D eigenvalue weighted by molar-refractivity contribution is 0.0659. The zero-order valence-corrected chi connectivity index (χ0v) is 16.1. The van der Waals surface area contributed by atoms with Crippen molar-refractivity contribution in [2.24, 2.45) is 0 Å². The van der Waals surface area contributed by atoms with E-state index in [9.17, 15) is 0 Å². The van der Waals surface area contributed by atoms with Crippen molar-refractivity contribution in [2.45, 2.75) is 32.2 Å². The second kappa shape index (κ2) is 8.75. The molecule has 2 aromatic heterocycles. The molecule has 0 spiro atoms. The lowest BCUT2D eigenvalue weighted by atomic mass is 10.1. The summed E-state index contributed by atoms with van der Waals surface area (Å²) in [6, 6.07) is 0.197. The predicted octanol–water partition coefficient (Wildman–Crippen LogP) is 3.10. The van der Waals surface area contributed by atoms with Crippen molar-refractivity contribution >= 4 is 34.7 Å². The van der Waals surface area contributed by atoms with Gasteiger partial charge in [0, 0.05) is 31.5 Å². The lowest BCUT2D eigenvalue weighted by Gasteiger charge is -2.22. The maximum atomic E-state index is 6.32. The van der Waals surface area contributed by atoms with E-state index in [2.05, 4.69) is 20.4 Å². The molecule has 0 saturated carbocycles. The Balaban J connectivity index is 1.49. The molecule has 3 rings (SSSR count). The van der Waals surface area contributed by atoms with E-state index in [1.165, 1.54) is 0 Å². The van der Waals surface area contributed by atoms with Gasteiger partial charge in [0.15, 0.2) is 5.15 Å². The average molecular weight is 401 g/mol. The summed E-state index contributed by atoms with van der Waals surface area (Å²) >= 11 is 12.1. The largest absolute Gasteiger partial charge is 0.475 e. The van der Waals surface area contributed by atoms with Crippen LogP contribution in [0.15, 0.2) is 6.20 Å². The van der Waals surface area contributed by atoms with Crippen molar-refractivity contribution in [3.05, 3.63) is 22.2 Å². The second-order valence-electron chi connectivity index (χ2n) is 6.10. The van der Waals surface area contributed by atoms with Gasteiger partial charge < -0.3 is 20.5 Å². The molecule has 26 heavy (non-hydrogen) atoms. The molecular formula is C16H22Cl2N6O2. The average Bonchev–Trinajstić information content (AvgIpc) is 2.93. The molecule has 3 N–H and O–H groups in total. The Hall–Kier alpha value is -1.77. The predicted molar refractivity (Wildman–Crippen MR) is 101 cm³/mol. The molecule has 1 aliphatic rings. The molecule has 2 aromatic rings. The van der Waals surface area contributed by atoms with Gasteiger partial charge >= 0.3 is 0 Å². The van der Waals surface area contributed by atoms with E-state index in [1.807, 2.05) is 6.92 Å². The molecule has 8 nitrogen and oxygen atoms in total. The number of nitrogens with two attached hydrogens (primary N) is 1. The number of hydrogen-bond donors (Lipinski definition) is 2. The minimum absolute atomic E-state index is 0.197. The number of nitrogen functional groups attached to an aromatic ring is 1. The smallest absolute Gasteiger partial charge is 0.257 e. The van der Waals surface area contributed by atoms with Crippen LogP contribution in [0.25, 0.3) is 0 Å². The van der Waals surface area contributed by atoms with Crippen LogP contribution in [0.1, 0.15) is 30.9 Å². The fourth-order valence-electron chi connectivity index (χ4n) is 2.73. The highest BCUT2D eigenvalue weighted by Gasteiger charge is 2.23. The third-order valence-electron chi connectivity index (χ3n) is 4.18. The molecule has 10 heteroatoms. The fourth-order valence-corrected chi connectivity index (χ4v) is 3.12. The Bertz CT molecular complexity index is 749. The molecule has 0 amide bonds. The van der Waals surface area contributed by atoms with E-state index in [-0.39, 0.29) is 11.3 Å². The Kier molecular flexibility index (Phi) is 6.39. The molecule has 0 aromatic carbocycles. The van der Waals surface area contributed by atoms with E-state index >= 15 is 0 Å². The highest BCUT2D eigenvalue weighted by Crippen LogP contribution is 2.34. The summed E-state index contributed by atoms with van der Waals surface area (Å²) in [7, 11) is 0. The summed E-state index contributed by atoms with van der Waals surface area (Å²) in [5.74, 6) is 1.10. The van der Waals surface area contributed by atoms with Gasteiger partial charge in [0.05, 0.1) is 12.6 Å². The number of aromatic nitrogens is 4. The summed E-state index contributed by atoms with van der Waals surface area (Å²) < 4.78 is 12.8. The zero-order chi connectivity index (χ0) is 18.5. The topological polar surface area (TPSA) is 100 Å². The first-order valence-electron chi connectivity index (χ1n) is 8.53. The summed E-state index contributed by atoms with van der Waals surface area (Å²) in [6.45, 7) is 4.45. The van der Waals surface area contributed by atoms with Crippen LogP contribution in [0.2, 0.25) is 10.4 Å². The van der Waals surface area contributed by atoms with Crippen molar-refractivity contribution in [3.8, 4) is 5.88 Å². The molecule has 142 valence electrons. The SMILES string of the molecule is Cc1cnc(Cl)nc1NCCCOc1nn(C2CCOCC2)c(Cl)c1N. The maximum absolute atomic E-state index is 6.32. The first-order valence-corrected chi connectivity index (χ1v) is 9.29. The molecule has 0 unspecified atom stereocenters. The molecule has 0 bridgehead atoms. The third-order valence-corrected chi connectivity index (χ3v) is 4.74. The Morgan fingerprint density at radius 2 is 2.15 bits per heavy atom. The van der Waals surface area contributed by atoms with Crippen molar-refractivity contribution < 1.29 is 9.47 Å². The van der Waals surface area contributed by atoms with Gasteiger partial charge in [-0.2, -0.15) is 0 Å². The molecule has 0 atom stereocenters. The quantitative estimate of drug-likeness (QED) is 0.543. The Labute approximate surface area is 162 Å². The van der Waals surface area contributed by atoms with E-state index in [4.69, 9.17) is 38.4 Å². The molecular weight excluding hydrogens is 379 g/mol. The van der Waals surface area contributed by atoms with Gasteiger partial charge in [-0.25, -0.2) is 14.6 Å². The maximum Gasteiger partial charge on any atom is 0.257 e. The van der Waals surface area contributed by atoms with Gasteiger partial charge in [-0.15, -0.1) is 5.10 Å². The number of anilines is 2. The molecule has 3 heterocycles. The van der Waals surface area contributed by atoms with Crippen LogP contribution in [-0.2, 0) is 4.74 Å². The van der Waals surface area contributed by atoms with Crippen LogP contribution < -0.4 is 15.8 Å². The molecule has 0 aliphatic carbocycles. The minimum atomic E-state index is 0.197. The molecule has 0 radical (unpaired) electrons. The van der Waals surface area contributed by atoms with E-state index in [1.54, 1.807) is 10.9 Å². The van der Waals surface area contributed by atoms with E-state index in [0.29, 0.717) is 43.1 Å². The zero-order valence-electron chi connectivity index (χ0n) is 14.5. The molecule has 1 aliphatic heterocycles. The van der Waals surface area contributed by atoms with Crippen LogP contribution >= 0.6 is 23.2 Å². The van der Waals surface area contributed by atoms with Crippen molar-refractivity contribution in [3.63, 3.8) is 0 Å². The van der Waals surface area contributed by atoms with E-state index < -0.39 is 0 Å². The van der Waals surface area contributed by atoms with E-state index in [0.717, 1.165) is 30.6 Å². The van der Waals surface area contributed by atoms with Crippen LogP contribution in [0, 0.1) is 6.92 Å². The van der Waals surface area contributed by atoms with Crippen LogP contribution in [-0.4, -0.2) is 46.1 Å². The van der Waals surface area contributed by atoms with Gasteiger partial charge in [0.25, 0.3) is 5.88 Å². The van der Waals surface area contributed by atoms with Crippen LogP contribution in [0.5, 0.6) is 5.88 Å². The van der Waals surface area contributed by atoms with Crippen molar-refractivity contribution in [1.82, 2.24) is 19.7 Å². The first kappa shape index (κ1) is 19.0. The number of aryl methyl sites for hydroxylation is 1. The number of rotatable bonds is 7. The number of nitrogens with one attached hydrogen (secondary N) is 1. The van der Waals surface area contributed by atoms with Gasteiger partial charge in [-0.1, -0.05) is 11.6 Å². The molecule has 1 fully saturated rings. The summed E-state index contributed by atoms with van der Waals surface area (Å²) in [5, 5.41) is 8.29. The highest BCUT2D eigenvalue weighted by molar-refractivity contribution is 6.32. The van der Waals surface area contributed by atoms with Crippen LogP contribution in [0.3, 0.4) is 0 Å². The number of ether oxygens (including phenoxy) is 2. The first-order chi connectivity index (χ1) is 12.6. The van der Waals surface area contributed by atoms with Gasteiger partial charge in [0.2, 0.25) is 5.28 Å². The standard InChI is InChI=1S/C16H22Cl2N6O2/c1-10-9-21-16(18)22-14(10)20-5-2-6-26-15-12(19)13(17)24(23-15)11-3-7-25-8-4-11/h9,11H,2-8,19H2,1H3,(H,20,21,22). The van der Waals surface area contributed by atoms with Crippen molar-refractivity contribution in [1.29, 1.82) is 0 Å². The second-order valence-corrected chi connectivity index (χ2v) is 6.79. The van der Waals surface area contributed by atoms with Gasteiger partial charge in [-0.3, -0.25) is 0 Å². The summed E-state index contributed by atoms with van der Waals surface area (Å²) in [4.78, 5) is 8.08. The number of nitrogens with zero attached hydrogens (tertiary/aromatic N) is 4. The summed E-state index contributed by atoms with van der Waals surface area (Å²) in [5.41, 5.74) is 7.34. The van der Waals surface area contributed by atoms with Crippen molar-refractivity contribution in [2.75, 3.05) is 37.4 Å². The third kappa shape index (κ3) is 4.49. The summed E-state index contributed by atoms with van der Waals surface area (Å²) in [6.07, 6.45) is 4.15. The van der Waals surface area contributed by atoms with Gasteiger partial charge in [0.1, 0.15) is 11.5 Å². The minimum Gasteiger partial charge on any atom is -0.475 e. The lowest BCUT2D eigenvalue weighted by Crippen LogP contribution is -2.20. The van der Waals surface area contributed by atoms with Crippen LogP contribution in [0.4, 0.5) is 11.5 Å². The number of halogens is 2. The highest BCUT2D eigenvalue weighted by atomic mass is 35.5. The fraction of sp³-hybridized carbons (Fsp3) is 0.562. The number of hydrogen-bond acceptors (Lipinski definition) is 7. The Morgan fingerprint density at radius 3 is 2.92 bits per heavy atom. The normalized spacial score (nSPS) is 15.2. The Morgan fingerprint density at radius 1 is 1.38 bits per heavy atom. The monoisotopic (exact) mass is 400 g/mol. The molecule has 1 saturated heterocycles. The van der Waals surface area contributed by atoms with Gasteiger partial charge in [-0.05, 0) is 37.8 Å².